The zero-order valence-electron chi connectivity index (χ0n) is 36.0. The summed E-state index contributed by atoms with van der Waals surface area (Å²) in [4.78, 5) is 17.2. The molecule has 1 heterocycles. The molecule has 0 N–H and O–H groups in total. The molecule has 24 heteroatoms. The molecule has 0 bridgehead atoms. The number of carbonyl (C=O) groups is 1. The number of benzene rings is 8. The predicted octanol–water partition coefficient (Wildman–Crippen LogP) is 11.1. The third-order valence-electron chi connectivity index (χ3n) is 11.9. The van der Waals surface area contributed by atoms with Crippen LogP contribution in [0.4, 0.5) is 87.8 Å². The summed E-state index contributed by atoms with van der Waals surface area (Å²) in [6.45, 7) is 0.283. The molecule has 378 valence electrons. The molecule has 9 aromatic rings. The van der Waals surface area contributed by atoms with Crippen LogP contribution >= 0.6 is 0 Å². The summed E-state index contributed by atoms with van der Waals surface area (Å²) >= 11 is 0. The average molecular weight is 1050 g/mol. The van der Waals surface area contributed by atoms with E-state index in [1.54, 1.807) is 6.20 Å². The van der Waals surface area contributed by atoms with E-state index in [0.29, 0.717) is 0 Å². The summed E-state index contributed by atoms with van der Waals surface area (Å²) in [7, 11) is 0. The maximum Gasteiger partial charge on any atom is 0.227 e. The molecule has 0 saturated carbocycles. The van der Waals surface area contributed by atoms with Gasteiger partial charge in [-0.15, -0.1) is 21.9 Å². The number of hydrogen-bond acceptors (Lipinski definition) is 2. The van der Waals surface area contributed by atoms with Crippen LogP contribution in [0.1, 0.15) is 10.4 Å². The van der Waals surface area contributed by atoms with Crippen molar-refractivity contribution >= 4 is 55.3 Å². The minimum Gasteiger partial charge on any atom is -0.287 e. The van der Waals surface area contributed by atoms with Gasteiger partial charge in [0.15, 0.2) is 82.2 Å². The van der Waals surface area contributed by atoms with Crippen LogP contribution in [0.15, 0.2) is 104 Å². The lowest BCUT2D eigenvalue weighted by molar-refractivity contribution is -0.683. The number of halogens is 20. The lowest BCUT2D eigenvalue weighted by Gasteiger charge is -2.44. The Bertz CT molecular complexity index is 3420. The zero-order chi connectivity index (χ0) is 54.0. The number of Topliss-reactive ketones (excluding diaryl/α,β-unsaturated/α-hetero) is 1. The van der Waals surface area contributed by atoms with Crippen molar-refractivity contribution in [2.24, 2.45) is 0 Å². The van der Waals surface area contributed by atoms with Crippen LogP contribution in [0, 0.1) is 116 Å². The number of nitrogens with zero attached hydrogens (tertiary/aromatic N) is 2. The normalized spacial score (nSPS) is 11.6. The second-order valence-electron chi connectivity index (χ2n) is 15.9. The van der Waals surface area contributed by atoms with Gasteiger partial charge in [0.1, 0.15) is 58.4 Å². The van der Waals surface area contributed by atoms with Crippen LogP contribution in [-0.4, -0.2) is 16.9 Å². The van der Waals surface area contributed by atoms with Gasteiger partial charge in [-0.2, -0.15) is 4.57 Å². The van der Waals surface area contributed by atoms with E-state index in [4.69, 9.17) is 0 Å². The number of fused-ring (bicyclic) bond motifs is 3. The van der Waals surface area contributed by atoms with Crippen LogP contribution in [0.3, 0.4) is 0 Å². The van der Waals surface area contributed by atoms with E-state index in [1.165, 1.54) is 16.2 Å². The molecule has 0 spiro atoms. The Morgan fingerprint density at radius 3 is 1.11 bits per heavy atom. The van der Waals surface area contributed by atoms with Gasteiger partial charge in [0, 0.05) is 11.1 Å². The van der Waals surface area contributed by atoms with E-state index in [2.05, 4.69) is 59.6 Å². The van der Waals surface area contributed by atoms with Gasteiger partial charge in [0.05, 0.1) is 6.20 Å². The first kappa shape index (κ1) is 52.0. The molecule has 0 aliphatic carbocycles. The first-order chi connectivity index (χ1) is 35.0. The molecule has 8 aromatic carbocycles. The van der Waals surface area contributed by atoms with Crippen molar-refractivity contribution in [3.8, 4) is 11.3 Å². The van der Waals surface area contributed by atoms with Crippen LogP contribution < -0.4 is 26.4 Å². The minimum absolute atomic E-state index is 0.0797. The molecule has 0 aliphatic heterocycles. The molecule has 0 atom stereocenters. The van der Waals surface area contributed by atoms with Gasteiger partial charge in [0.25, 0.3) is 0 Å². The third-order valence-corrected chi connectivity index (χ3v) is 11.9. The maximum absolute atomic E-state index is 15.4. The van der Waals surface area contributed by atoms with Crippen LogP contribution in [0.2, 0.25) is 0 Å². The monoisotopic (exact) mass is 1050 g/mol. The van der Waals surface area contributed by atoms with Crippen molar-refractivity contribution < 1.29 is 97.2 Å². The second kappa shape index (κ2) is 19.6. The highest BCUT2D eigenvalue weighted by Crippen LogP contribution is 2.34. The summed E-state index contributed by atoms with van der Waals surface area (Å²) in [5.41, 5.74) is -11.7. The van der Waals surface area contributed by atoms with Crippen LogP contribution in [0.25, 0.3) is 32.8 Å². The van der Waals surface area contributed by atoms with E-state index in [-0.39, 0.29) is 12.3 Å². The summed E-state index contributed by atoms with van der Waals surface area (Å²) < 4.78 is 296. The van der Waals surface area contributed by atoms with Gasteiger partial charge in [-0.1, -0.05) is 78.9 Å². The first-order valence-corrected chi connectivity index (χ1v) is 20.6. The molecule has 0 saturated heterocycles. The minimum atomic E-state index is -7.22. The molecular weight excluding hydrogens is 1040 g/mol. The molecule has 0 radical (unpaired) electrons. The summed E-state index contributed by atoms with van der Waals surface area (Å²) in [6.07, 6.45) is -1.66. The average Bonchev–Trinajstić information content (AvgIpc) is 3.41. The van der Waals surface area contributed by atoms with Gasteiger partial charge < -0.3 is 0 Å². The highest BCUT2D eigenvalue weighted by atomic mass is 19.2. The van der Waals surface area contributed by atoms with Crippen molar-refractivity contribution in [2.45, 2.75) is 6.54 Å². The molecule has 3 nitrogen and oxygen atoms in total. The first-order valence-electron chi connectivity index (χ1n) is 20.6. The second-order valence-corrected chi connectivity index (χ2v) is 15.9. The van der Waals surface area contributed by atoms with Crippen molar-refractivity contribution in [1.82, 2.24) is 4.98 Å². The quantitative estimate of drug-likeness (QED) is 0.0289. The zero-order valence-corrected chi connectivity index (χ0v) is 36.0. The van der Waals surface area contributed by atoms with E-state index in [1.807, 2.05) is 47.3 Å². The number of carbonyl (C=O) groups excluding carboxylic acids is 1. The van der Waals surface area contributed by atoms with Gasteiger partial charge >= 0.3 is 0 Å². The fourth-order valence-corrected chi connectivity index (χ4v) is 8.69. The van der Waals surface area contributed by atoms with Crippen LogP contribution in [0.5, 0.6) is 0 Å². The number of ketones is 1. The Kier molecular flexibility index (Phi) is 13.8. The highest BCUT2D eigenvalue weighted by Gasteiger charge is 2.52. The third kappa shape index (κ3) is 8.11. The maximum atomic E-state index is 15.4. The molecule has 0 amide bonds. The fraction of sp³-hybridized carbons (Fsp3) is 0.0200. The molecule has 0 unspecified atom stereocenters. The standard InChI is InChI=1S/C26H19N2O.C24BF20/c29-26(19-8-2-1-3-9-19)18-28-15-14-27-25(17-28)24-16-20-10-4-5-11-21(20)22-12-6-7-13-23(22)24;26-5-1(6(27)14(35)21(42)13(5)34)25(2-7(28)15(36)22(43)16(37)8(2)29,3-9(30)17(38)23(44)18(39)10(3)31)4-11(32)19(40)24(45)20(41)12(4)33/h1-17H,18H2;/q+1;-1. The van der Waals surface area contributed by atoms with Crippen molar-refractivity contribution in [1.29, 1.82) is 0 Å². The highest BCUT2D eigenvalue weighted by molar-refractivity contribution is 7.20. The van der Waals surface area contributed by atoms with Gasteiger partial charge in [0.2, 0.25) is 12.3 Å². The number of aromatic nitrogens is 2. The summed E-state index contributed by atoms with van der Waals surface area (Å²) in [5, 5.41) is 4.78. The molecule has 74 heavy (non-hydrogen) atoms. The predicted molar refractivity (Wildman–Crippen MR) is 225 cm³/mol. The summed E-state index contributed by atoms with van der Waals surface area (Å²) in [5.74, 6) is -71.3. The molecule has 0 aliphatic rings. The smallest absolute Gasteiger partial charge is 0.227 e. The van der Waals surface area contributed by atoms with Crippen molar-refractivity contribution in [3.63, 3.8) is 0 Å². The Morgan fingerprint density at radius 2 is 0.716 bits per heavy atom. The van der Waals surface area contributed by atoms with E-state index >= 15 is 35.1 Å². The topological polar surface area (TPSA) is 33.8 Å². The Hall–Kier alpha value is -8.31. The number of hydrogen-bond donors (Lipinski definition) is 0. The van der Waals surface area contributed by atoms with E-state index in [9.17, 15) is 57.5 Å². The lowest BCUT2D eigenvalue weighted by Crippen LogP contribution is -2.81. The van der Waals surface area contributed by atoms with E-state index < -0.39 is 144 Å². The Labute approximate surface area is 400 Å². The largest absolute Gasteiger partial charge is 0.287 e. The van der Waals surface area contributed by atoms with Crippen molar-refractivity contribution in [2.75, 3.05) is 0 Å². The molecule has 0 fully saturated rings. The van der Waals surface area contributed by atoms with Gasteiger partial charge in [-0.05, 0) is 27.6 Å². The van der Waals surface area contributed by atoms with Crippen LogP contribution in [-0.2, 0) is 6.54 Å². The fourth-order valence-electron chi connectivity index (χ4n) is 8.69. The number of rotatable bonds is 8. The lowest BCUT2D eigenvalue weighted by atomic mass is 9.12. The summed E-state index contributed by atoms with van der Waals surface area (Å²) in [6, 6.07) is 28.4. The van der Waals surface area contributed by atoms with Gasteiger partial charge in [-0.25, -0.2) is 92.8 Å². The SMILES string of the molecule is Fc1c(F)c(F)c([B-](c2c(F)c(F)c(F)c(F)c2F)(c2c(F)c(F)c(F)c(F)c2F)c2c(F)c(F)c(F)c(F)c2F)c(F)c1F.O=C(C[n+]1ccnc(-c2cc3ccccc3c3ccccc23)c1)c1ccccc1. The Balaban J connectivity index is 0.000000215. The molecule has 1 aromatic heterocycles. The van der Waals surface area contributed by atoms with Gasteiger partial charge in [-0.3, -0.25) is 4.79 Å². The Morgan fingerprint density at radius 1 is 0.392 bits per heavy atom. The molecular formula is C50H19BF20N2O. The molecule has 9 rings (SSSR count). The van der Waals surface area contributed by atoms with Crippen molar-refractivity contribution in [3.05, 3.63) is 225 Å². The van der Waals surface area contributed by atoms with E-state index in [0.717, 1.165) is 22.2 Å².